The summed E-state index contributed by atoms with van der Waals surface area (Å²) >= 11 is 0. The Morgan fingerprint density at radius 3 is 2.83 bits per heavy atom. The minimum Gasteiger partial charge on any atom is -0.389 e. The van der Waals surface area contributed by atoms with Gasteiger partial charge in [0.1, 0.15) is 23.2 Å². The molecule has 0 spiro atoms. The summed E-state index contributed by atoms with van der Waals surface area (Å²) in [5, 5.41) is 33.6. The molecule has 1 fully saturated rings. The molecule has 4 N–H and O–H groups in total. The minimum absolute atomic E-state index is 0.280. The van der Waals surface area contributed by atoms with Crippen molar-refractivity contribution in [1.82, 2.24) is 24.8 Å². The van der Waals surface area contributed by atoms with Gasteiger partial charge < -0.3 is 19.8 Å². The maximum Gasteiger partial charge on any atom is 0.139 e. The van der Waals surface area contributed by atoms with Gasteiger partial charge in [0.05, 0.1) is 23.4 Å². The van der Waals surface area contributed by atoms with E-state index in [-0.39, 0.29) is 12.6 Å². The van der Waals surface area contributed by atoms with E-state index in [1.165, 1.54) is 0 Å². The summed E-state index contributed by atoms with van der Waals surface area (Å²) in [6, 6.07) is 4.61. The predicted molar refractivity (Wildman–Crippen MR) is 115 cm³/mol. The molecule has 1 aliphatic carbocycles. The standard InChI is InChI=1S/C22H30N6O2/c1-22(2,30)13-26-19(29)11-18-27-17-12-25-21-16(8-10-24-21)20(17)28(18)15-5-3-14(4-6-15)7-9-23/h8,10,12,14-15,19,26,29-30H,3-7,11,13H2,1-2H3,(H,24,25). The van der Waals surface area contributed by atoms with Crippen LogP contribution in [-0.4, -0.2) is 48.1 Å². The van der Waals surface area contributed by atoms with Crippen molar-refractivity contribution in [3.63, 3.8) is 0 Å². The van der Waals surface area contributed by atoms with Crippen LogP contribution in [0.4, 0.5) is 0 Å². The number of hydrogen-bond acceptors (Lipinski definition) is 6. The molecule has 3 aromatic rings. The maximum atomic E-state index is 10.6. The normalized spacial score (nSPS) is 21.2. The number of nitrogens with zero attached hydrogens (tertiary/aromatic N) is 4. The van der Waals surface area contributed by atoms with Crippen LogP contribution in [0.5, 0.6) is 0 Å². The molecule has 1 unspecified atom stereocenters. The quantitative estimate of drug-likeness (QED) is 0.444. The molecule has 8 heteroatoms. The Hall–Kier alpha value is -2.47. The summed E-state index contributed by atoms with van der Waals surface area (Å²) in [5.74, 6) is 1.29. The van der Waals surface area contributed by atoms with E-state index in [4.69, 9.17) is 10.2 Å². The SMILES string of the molecule is CC(C)(O)CNC(O)Cc1nc2cnc3[nH]ccc3c2n1C1CCC(CC#N)CC1. The van der Waals surface area contributed by atoms with Crippen LogP contribution in [0.3, 0.4) is 0 Å². The number of aliphatic hydroxyl groups is 2. The van der Waals surface area contributed by atoms with E-state index < -0.39 is 11.8 Å². The lowest BCUT2D eigenvalue weighted by Crippen LogP contribution is -2.42. The molecular formula is C22H30N6O2. The number of imidazole rings is 1. The van der Waals surface area contributed by atoms with Crippen LogP contribution < -0.4 is 5.32 Å². The summed E-state index contributed by atoms with van der Waals surface area (Å²) in [4.78, 5) is 12.5. The Labute approximate surface area is 175 Å². The molecule has 3 aromatic heterocycles. The molecule has 30 heavy (non-hydrogen) atoms. The Bertz CT molecular complexity index is 1050. The van der Waals surface area contributed by atoms with E-state index >= 15 is 0 Å². The van der Waals surface area contributed by atoms with Crippen LogP contribution in [0.15, 0.2) is 18.5 Å². The van der Waals surface area contributed by atoms with Crippen molar-refractivity contribution in [2.75, 3.05) is 6.54 Å². The number of nitrogens with one attached hydrogen (secondary N) is 2. The van der Waals surface area contributed by atoms with E-state index in [0.717, 1.165) is 53.6 Å². The molecule has 0 aromatic carbocycles. The first kappa shape index (κ1) is 20.8. The van der Waals surface area contributed by atoms with E-state index in [1.54, 1.807) is 20.0 Å². The van der Waals surface area contributed by atoms with Crippen LogP contribution in [0.25, 0.3) is 22.1 Å². The molecule has 0 aliphatic heterocycles. The summed E-state index contributed by atoms with van der Waals surface area (Å²) in [7, 11) is 0. The molecule has 0 radical (unpaired) electrons. The zero-order valence-corrected chi connectivity index (χ0v) is 17.6. The molecule has 0 amide bonds. The monoisotopic (exact) mass is 410 g/mol. The molecule has 8 nitrogen and oxygen atoms in total. The van der Waals surface area contributed by atoms with Crippen molar-refractivity contribution in [3.05, 3.63) is 24.3 Å². The van der Waals surface area contributed by atoms with E-state index in [9.17, 15) is 10.2 Å². The van der Waals surface area contributed by atoms with Crippen LogP contribution in [-0.2, 0) is 6.42 Å². The lowest BCUT2D eigenvalue weighted by Gasteiger charge is -2.30. The lowest BCUT2D eigenvalue weighted by molar-refractivity contribution is 0.0489. The number of hydrogen-bond donors (Lipinski definition) is 4. The number of fused-ring (bicyclic) bond motifs is 3. The van der Waals surface area contributed by atoms with E-state index in [1.807, 2.05) is 12.3 Å². The van der Waals surface area contributed by atoms with Gasteiger partial charge >= 0.3 is 0 Å². The van der Waals surface area contributed by atoms with Gasteiger partial charge in [0.2, 0.25) is 0 Å². The molecule has 1 atom stereocenters. The van der Waals surface area contributed by atoms with Gasteiger partial charge in [0.25, 0.3) is 0 Å². The van der Waals surface area contributed by atoms with Crippen LogP contribution in [0.1, 0.15) is 57.8 Å². The zero-order chi connectivity index (χ0) is 21.3. The number of aromatic amines is 1. The highest BCUT2D eigenvalue weighted by atomic mass is 16.3. The highest BCUT2D eigenvalue weighted by molar-refractivity contribution is 6.01. The van der Waals surface area contributed by atoms with Gasteiger partial charge in [0, 0.05) is 37.0 Å². The first-order valence-corrected chi connectivity index (χ1v) is 10.7. The second kappa shape index (κ2) is 8.34. The third-order valence-corrected chi connectivity index (χ3v) is 6.01. The van der Waals surface area contributed by atoms with Crippen molar-refractivity contribution < 1.29 is 10.2 Å². The Morgan fingerprint density at radius 1 is 1.37 bits per heavy atom. The Kier molecular flexibility index (Phi) is 5.78. The topological polar surface area (TPSA) is 123 Å². The van der Waals surface area contributed by atoms with Gasteiger partial charge in [0.15, 0.2) is 0 Å². The van der Waals surface area contributed by atoms with Crippen molar-refractivity contribution in [2.45, 2.75) is 70.2 Å². The highest BCUT2D eigenvalue weighted by Crippen LogP contribution is 2.38. The van der Waals surface area contributed by atoms with Crippen molar-refractivity contribution in [3.8, 4) is 6.07 Å². The van der Waals surface area contributed by atoms with Gasteiger partial charge in [-0.1, -0.05) is 0 Å². The lowest BCUT2D eigenvalue weighted by atomic mass is 9.84. The fraction of sp³-hybridized carbons (Fsp3) is 0.591. The van der Waals surface area contributed by atoms with Crippen LogP contribution >= 0.6 is 0 Å². The predicted octanol–water partition coefficient (Wildman–Crippen LogP) is 2.78. The molecule has 160 valence electrons. The first-order valence-electron chi connectivity index (χ1n) is 10.7. The number of aromatic nitrogens is 4. The average molecular weight is 411 g/mol. The van der Waals surface area contributed by atoms with Crippen molar-refractivity contribution >= 4 is 22.1 Å². The van der Waals surface area contributed by atoms with E-state index in [2.05, 4.69) is 25.9 Å². The van der Waals surface area contributed by atoms with Gasteiger partial charge in [-0.15, -0.1) is 0 Å². The zero-order valence-electron chi connectivity index (χ0n) is 17.6. The highest BCUT2D eigenvalue weighted by Gasteiger charge is 2.28. The summed E-state index contributed by atoms with van der Waals surface area (Å²) in [5.41, 5.74) is 1.80. The smallest absolute Gasteiger partial charge is 0.139 e. The summed E-state index contributed by atoms with van der Waals surface area (Å²) in [6.45, 7) is 3.70. The molecular weight excluding hydrogens is 380 g/mol. The van der Waals surface area contributed by atoms with Crippen LogP contribution in [0.2, 0.25) is 0 Å². The fourth-order valence-corrected chi connectivity index (χ4v) is 4.53. The molecule has 0 bridgehead atoms. The first-order chi connectivity index (χ1) is 14.4. The Balaban J connectivity index is 1.67. The van der Waals surface area contributed by atoms with E-state index in [0.29, 0.717) is 18.8 Å². The largest absolute Gasteiger partial charge is 0.389 e. The second-order valence-corrected chi connectivity index (χ2v) is 9.08. The number of aliphatic hydroxyl groups excluding tert-OH is 1. The third-order valence-electron chi connectivity index (χ3n) is 6.01. The summed E-state index contributed by atoms with van der Waals surface area (Å²) in [6.07, 6.45) is 7.86. The number of H-pyrrole nitrogens is 1. The van der Waals surface area contributed by atoms with Gasteiger partial charge in [-0.3, -0.25) is 5.32 Å². The molecule has 1 aliphatic rings. The van der Waals surface area contributed by atoms with Gasteiger partial charge in [-0.2, -0.15) is 5.26 Å². The number of rotatable bonds is 7. The van der Waals surface area contributed by atoms with Crippen molar-refractivity contribution in [1.29, 1.82) is 5.26 Å². The van der Waals surface area contributed by atoms with Crippen LogP contribution in [0, 0.1) is 17.2 Å². The second-order valence-electron chi connectivity index (χ2n) is 9.08. The molecule has 3 heterocycles. The summed E-state index contributed by atoms with van der Waals surface area (Å²) < 4.78 is 2.28. The molecule has 4 rings (SSSR count). The maximum absolute atomic E-state index is 10.6. The molecule has 0 saturated heterocycles. The Morgan fingerprint density at radius 2 is 2.13 bits per heavy atom. The number of nitriles is 1. The van der Waals surface area contributed by atoms with Gasteiger partial charge in [-0.25, -0.2) is 9.97 Å². The molecule has 1 saturated carbocycles. The minimum atomic E-state index is -0.901. The number of pyridine rings is 1. The fourth-order valence-electron chi connectivity index (χ4n) is 4.53. The van der Waals surface area contributed by atoms with Gasteiger partial charge in [-0.05, 0) is 51.5 Å². The average Bonchev–Trinajstić information content (AvgIpc) is 3.30. The third kappa shape index (κ3) is 4.33. The van der Waals surface area contributed by atoms with Crippen molar-refractivity contribution in [2.24, 2.45) is 5.92 Å².